The molecule has 8 heteroatoms. The van der Waals surface area contributed by atoms with E-state index in [0.29, 0.717) is 41.6 Å². The minimum atomic E-state index is -0.0610. The number of nitriles is 1. The van der Waals surface area contributed by atoms with Crippen LogP contribution >= 0.6 is 0 Å². The van der Waals surface area contributed by atoms with Gasteiger partial charge in [-0.25, -0.2) is 0 Å². The molecule has 1 N–H and O–H groups in total. The van der Waals surface area contributed by atoms with Gasteiger partial charge in [0.05, 0.1) is 24.3 Å². The van der Waals surface area contributed by atoms with Crippen LogP contribution in [0.2, 0.25) is 0 Å². The number of nitrogens with zero attached hydrogens (tertiary/aromatic N) is 4. The summed E-state index contributed by atoms with van der Waals surface area (Å²) in [5.41, 5.74) is 5.45. The van der Waals surface area contributed by atoms with E-state index in [1.54, 1.807) is 17.0 Å². The monoisotopic (exact) mass is 540 g/mol. The number of allylic oxidation sites excluding steroid dienone is 1. The van der Waals surface area contributed by atoms with Crippen LogP contribution in [0.25, 0.3) is 22.8 Å². The number of ether oxygens (including phenoxy) is 1. The largest absolute Gasteiger partial charge is 0.489 e. The van der Waals surface area contributed by atoms with Crippen LogP contribution in [0.1, 0.15) is 75.6 Å². The van der Waals surface area contributed by atoms with Gasteiger partial charge in [-0.05, 0) is 61.9 Å². The van der Waals surface area contributed by atoms with Crippen molar-refractivity contribution in [2.75, 3.05) is 13.2 Å². The smallest absolute Gasteiger partial charge is 0.258 e. The summed E-state index contributed by atoms with van der Waals surface area (Å²) in [7, 11) is 0. The Hall–Kier alpha value is -3.96. The maximum Gasteiger partial charge on any atom is 0.258 e. The first-order valence-corrected chi connectivity index (χ1v) is 14.2. The highest BCUT2D eigenvalue weighted by Crippen LogP contribution is 2.49. The van der Waals surface area contributed by atoms with Gasteiger partial charge >= 0.3 is 0 Å². The van der Waals surface area contributed by atoms with Gasteiger partial charge in [0.25, 0.3) is 5.89 Å². The molecule has 1 fully saturated rings. The second-order valence-electron chi connectivity index (χ2n) is 10.9. The summed E-state index contributed by atoms with van der Waals surface area (Å²) in [5.74, 6) is 1.62. The number of amides is 1. The molecule has 1 aromatic heterocycles. The van der Waals surface area contributed by atoms with E-state index in [1.807, 2.05) is 25.1 Å². The van der Waals surface area contributed by atoms with E-state index in [2.05, 4.69) is 42.2 Å². The minimum Gasteiger partial charge on any atom is -0.489 e. The van der Waals surface area contributed by atoms with Crippen molar-refractivity contribution >= 4 is 5.91 Å². The molecule has 0 radical (unpaired) electrons. The number of carbonyl (C=O) groups is 1. The van der Waals surface area contributed by atoms with Gasteiger partial charge in [0.1, 0.15) is 11.8 Å². The Morgan fingerprint density at radius 3 is 2.95 bits per heavy atom. The highest BCUT2D eigenvalue weighted by molar-refractivity contribution is 5.81. The molecule has 208 valence electrons. The fraction of sp³-hybridized carbons (Fsp3) is 0.438. The van der Waals surface area contributed by atoms with Crippen molar-refractivity contribution < 1.29 is 19.2 Å². The second kappa shape index (κ2) is 12.1. The van der Waals surface area contributed by atoms with E-state index in [4.69, 9.17) is 9.26 Å². The number of rotatable bonds is 11. The molecule has 1 saturated heterocycles. The van der Waals surface area contributed by atoms with Crippen LogP contribution in [0.15, 0.2) is 52.6 Å². The van der Waals surface area contributed by atoms with E-state index >= 15 is 0 Å². The number of unbranched alkanes of at least 4 members (excludes halogenated alkanes) is 2. The van der Waals surface area contributed by atoms with E-state index in [0.717, 1.165) is 36.0 Å². The second-order valence-corrected chi connectivity index (χ2v) is 10.9. The van der Waals surface area contributed by atoms with Gasteiger partial charge in [-0.15, -0.1) is 0 Å². The molecule has 1 aliphatic carbocycles. The van der Waals surface area contributed by atoms with Crippen LogP contribution in [0.5, 0.6) is 5.75 Å². The third-order valence-electron chi connectivity index (χ3n) is 7.88. The lowest BCUT2D eigenvalue weighted by Crippen LogP contribution is -2.30. The number of hydrogen-bond donors (Lipinski definition) is 1. The molecule has 0 saturated carbocycles. The number of aliphatic hydroxyl groups is 1. The molecule has 1 unspecified atom stereocenters. The Balaban J connectivity index is 1.34. The zero-order valence-corrected chi connectivity index (χ0v) is 23.4. The van der Waals surface area contributed by atoms with Crippen molar-refractivity contribution in [3.63, 3.8) is 0 Å². The molecule has 2 aromatic carbocycles. The molecular weight excluding hydrogens is 504 g/mol. The van der Waals surface area contributed by atoms with Crippen LogP contribution in [-0.2, 0) is 11.2 Å². The number of likely N-dealkylation sites (tertiary alicyclic amines) is 1. The van der Waals surface area contributed by atoms with Gasteiger partial charge in [-0.1, -0.05) is 54.8 Å². The molecule has 0 spiro atoms. The molecule has 5 rings (SSSR count). The van der Waals surface area contributed by atoms with Crippen LogP contribution in [0.4, 0.5) is 0 Å². The van der Waals surface area contributed by atoms with Crippen molar-refractivity contribution in [1.29, 1.82) is 5.26 Å². The highest BCUT2D eigenvalue weighted by atomic mass is 16.5. The average molecular weight is 541 g/mol. The predicted octanol–water partition coefficient (Wildman–Crippen LogP) is 6.01. The fourth-order valence-corrected chi connectivity index (χ4v) is 6.07. The fourth-order valence-electron chi connectivity index (χ4n) is 6.07. The minimum absolute atomic E-state index is 0.0234. The lowest BCUT2D eigenvalue weighted by atomic mass is 10.0. The van der Waals surface area contributed by atoms with Crippen molar-refractivity contribution in [3.8, 4) is 34.7 Å². The molecule has 3 atom stereocenters. The first-order valence-electron chi connectivity index (χ1n) is 14.2. The van der Waals surface area contributed by atoms with Crippen LogP contribution in [0, 0.1) is 17.2 Å². The zero-order chi connectivity index (χ0) is 28.2. The molecule has 0 bridgehead atoms. The van der Waals surface area contributed by atoms with E-state index < -0.39 is 0 Å². The normalized spacial score (nSPS) is 18.9. The average Bonchev–Trinajstić information content (AvgIpc) is 3.64. The number of aliphatic hydroxyl groups excluding tert-OH is 1. The Kier molecular flexibility index (Phi) is 8.32. The first kappa shape index (κ1) is 27.6. The summed E-state index contributed by atoms with van der Waals surface area (Å²) in [6, 6.07) is 13.5. The quantitative estimate of drug-likeness (QED) is 0.234. The lowest BCUT2D eigenvalue weighted by molar-refractivity contribution is -0.129. The summed E-state index contributed by atoms with van der Waals surface area (Å²) in [5, 5.41) is 23.6. The molecule has 40 heavy (non-hydrogen) atoms. The van der Waals surface area contributed by atoms with Crippen molar-refractivity contribution in [1.82, 2.24) is 15.0 Å². The number of benzene rings is 2. The van der Waals surface area contributed by atoms with Gasteiger partial charge in [-0.3, -0.25) is 4.79 Å². The molecule has 2 aliphatic rings. The van der Waals surface area contributed by atoms with E-state index in [-0.39, 0.29) is 30.6 Å². The van der Waals surface area contributed by atoms with Gasteiger partial charge in [-0.2, -0.15) is 10.2 Å². The molecular formula is C32H36N4O4. The third-order valence-corrected chi connectivity index (χ3v) is 7.88. The van der Waals surface area contributed by atoms with Crippen LogP contribution in [-0.4, -0.2) is 45.3 Å². The Morgan fingerprint density at radius 2 is 2.17 bits per heavy atom. The SMILES string of the molecule is CCCC/C=C(\C)CC(C)Oc1ccc(-c2nc(-c3cccc4c3C[C@@H]3CC(=O)N(CCO)[C@H]43)no2)cc1C#N. The Morgan fingerprint density at radius 1 is 1.32 bits per heavy atom. The zero-order valence-electron chi connectivity index (χ0n) is 23.4. The summed E-state index contributed by atoms with van der Waals surface area (Å²) in [6.07, 6.45) is 7.68. The van der Waals surface area contributed by atoms with Gasteiger partial charge < -0.3 is 19.3 Å². The number of hydrogen-bond acceptors (Lipinski definition) is 7. The standard InChI is InChI=1S/C32H36N4O4/c1-4-5-6-8-20(2)15-21(3)39-28-12-11-22(16-24(28)19-33)32-34-31(35-40-32)26-10-7-9-25-27(26)17-23-18-29(38)36(13-14-37)30(23)25/h7-12,16,21,23,30,37H,4-6,13-15,17-18H2,1-3H3/b20-8+/t21?,23-,30+/m1/s1. The maximum absolute atomic E-state index is 12.5. The molecule has 3 aromatic rings. The first-order chi connectivity index (χ1) is 19.4. The van der Waals surface area contributed by atoms with Crippen molar-refractivity contribution in [2.24, 2.45) is 5.92 Å². The van der Waals surface area contributed by atoms with Gasteiger partial charge in [0, 0.05) is 30.5 Å². The summed E-state index contributed by atoms with van der Waals surface area (Å²) < 4.78 is 11.8. The summed E-state index contributed by atoms with van der Waals surface area (Å²) >= 11 is 0. The molecule has 8 nitrogen and oxygen atoms in total. The van der Waals surface area contributed by atoms with Gasteiger partial charge in [0.15, 0.2) is 0 Å². The van der Waals surface area contributed by atoms with Crippen molar-refractivity contribution in [2.45, 2.75) is 71.4 Å². The summed E-state index contributed by atoms with van der Waals surface area (Å²) in [4.78, 5) is 18.9. The maximum atomic E-state index is 12.5. The topological polar surface area (TPSA) is 112 Å². The highest BCUT2D eigenvalue weighted by Gasteiger charge is 2.46. The number of β-amino-alcohol motifs (C(OH)–C–C–N with tert-alkyl or cyclic N) is 1. The van der Waals surface area contributed by atoms with Gasteiger partial charge in [0.2, 0.25) is 11.7 Å². The number of carbonyl (C=O) groups excluding carboxylic acids is 1. The summed E-state index contributed by atoms with van der Waals surface area (Å²) in [6.45, 7) is 6.61. The number of fused-ring (bicyclic) bond motifs is 3. The number of aromatic nitrogens is 2. The van der Waals surface area contributed by atoms with E-state index in [9.17, 15) is 15.2 Å². The predicted molar refractivity (Wildman–Crippen MR) is 151 cm³/mol. The van der Waals surface area contributed by atoms with E-state index in [1.165, 1.54) is 18.4 Å². The lowest BCUT2D eigenvalue weighted by Gasteiger charge is -2.24. The van der Waals surface area contributed by atoms with Crippen LogP contribution in [0.3, 0.4) is 0 Å². The molecule has 1 aliphatic heterocycles. The molecule has 2 heterocycles. The van der Waals surface area contributed by atoms with Crippen molar-refractivity contribution in [3.05, 3.63) is 64.7 Å². The Bertz CT molecular complexity index is 1450. The Labute approximate surface area is 235 Å². The van der Waals surface area contributed by atoms with Crippen LogP contribution < -0.4 is 4.74 Å². The molecule has 1 amide bonds. The third kappa shape index (κ3) is 5.52.